The van der Waals surface area contributed by atoms with Gasteiger partial charge in [0.2, 0.25) is 0 Å². The van der Waals surface area contributed by atoms with Crippen molar-refractivity contribution in [2.75, 3.05) is 20.3 Å². The molecule has 0 amide bonds. The van der Waals surface area contributed by atoms with Crippen molar-refractivity contribution in [3.8, 4) is 5.75 Å². The van der Waals surface area contributed by atoms with E-state index in [1.165, 1.54) is 11.6 Å². The Morgan fingerprint density at radius 3 is 2.77 bits per heavy atom. The average molecular weight is 431 g/mol. The van der Waals surface area contributed by atoms with Crippen molar-refractivity contribution in [3.05, 3.63) is 70.6 Å². The molecule has 0 spiro atoms. The normalized spacial score (nSPS) is 19.2. The highest BCUT2D eigenvalue weighted by Crippen LogP contribution is 2.24. The van der Waals surface area contributed by atoms with E-state index in [9.17, 15) is 4.39 Å². The monoisotopic (exact) mass is 430 g/mol. The Morgan fingerprint density at radius 2 is 2.00 bits per heavy atom. The minimum atomic E-state index is -0.409. The van der Waals surface area contributed by atoms with E-state index in [4.69, 9.17) is 25.8 Å². The van der Waals surface area contributed by atoms with Crippen LogP contribution in [0, 0.1) is 5.82 Å². The molecule has 1 aliphatic heterocycles. The molecule has 1 saturated heterocycles. The zero-order valence-corrected chi connectivity index (χ0v) is 17.5. The smallest absolute Gasteiger partial charge is 0.158 e. The second-order valence-corrected chi connectivity index (χ2v) is 7.72. The molecule has 7 heteroatoms. The molecule has 0 atom stereocenters. The van der Waals surface area contributed by atoms with Gasteiger partial charge in [0.15, 0.2) is 6.29 Å². The van der Waals surface area contributed by atoms with E-state index < -0.39 is 5.82 Å². The first-order chi connectivity index (χ1) is 14.6. The van der Waals surface area contributed by atoms with Crippen LogP contribution in [0.1, 0.15) is 17.5 Å². The van der Waals surface area contributed by atoms with Crippen LogP contribution < -0.4 is 10.1 Å². The number of aromatic nitrogens is 1. The third kappa shape index (κ3) is 5.08. The summed E-state index contributed by atoms with van der Waals surface area (Å²) in [4.78, 5) is 4.42. The highest BCUT2D eigenvalue weighted by Gasteiger charge is 2.22. The molecule has 3 aromatic rings. The lowest BCUT2D eigenvalue weighted by Crippen LogP contribution is -2.44. The van der Waals surface area contributed by atoms with E-state index in [0.717, 1.165) is 35.1 Å². The molecule has 2 heterocycles. The standard InChI is InChI=1S/C23H24ClFN2O3/c1-28-18-4-6-22-19(11-18)16(8-9-26-22)3-7-23-29-13-17(14-30-23)27-12-15-2-5-21(25)20(24)10-15/h2,4-6,8-11,17,23,27H,3,7,12-14H2,1H3/t17-,23-. The van der Waals surface area contributed by atoms with Crippen molar-refractivity contribution in [3.63, 3.8) is 0 Å². The van der Waals surface area contributed by atoms with Gasteiger partial charge in [-0.25, -0.2) is 4.39 Å². The van der Waals surface area contributed by atoms with E-state index in [2.05, 4.69) is 10.3 Å². The largest absolute Gasteiger partial charge is 0.497 e. The first-order valence-corrected chi connectivity index (χ1v) is 10.3. The van der Waals surface area contributed by atoms with E-state index >= 15 is 0 Å². The van der Waals surface area contributed by atoms with Crippen LogP contribution in [-0.4, -0.2) is 37.6 Å². The quantitative estimate of drug-likeness (QED) is 0.598. The predicted octanol–water partition coefficient (Wildman–Crippen LogP) is 4.50. The van der Waals surface area contributed by atoms with Gasteiger partial charge in [0.05, 0.1) is 36.9 Å². The molecule has 1 fully saturated rings. The van der Waals surface area contributed by atoms with E-state index in [-0.39, 0.29) is 17.4 Å². The highest BCUT2D eigenvalue weighted by atomic mass is 35.5. The molecule has 0 saturated carbocycles. The number of nitrogens with zero attached hydrogens (tertiary/aromatic N) is 1. The maximum Gasteiger partial charge on any atom is 0.158 e. The van der Waals surface area contributed by atoms with Gasteiger partial charge in [0.1, 0.15) is 11.6 Å². The number of hydrogen-bond acceptors (Lipinski definition) is 5. The fourth-order valence-corrected chi connectivity index (χ4v) is 3.74. The molecule has 1 aromatic heterocycles. The van der Waals surface area contributed by atoms with Crippen LogP contribution in [-0.2, 0) is 22.4 Å². The topological polar surface area (TPSA) is 52.6 Å². The second-order valence-electron chi connectivity index (χ2n) is 7.31. The summed E-state index contributed by atoms with van der Waals surface area (Å²) in [5.74, 6) is 0.409. The zero-order chi connectivity index (χ0) is 20.9. The maximum absolute atomic E-state index is 13.3. The molecule has 1 N–H and O–H groups in total. The summed E-state index contributed by atoms with van der Waals surface area (Å²) in [6, 6.07) is 12.7. The molecule has 0 bridgehead atoms. The van der Waals surface area contributed by atoms with Gasteiger partial charge >= 0.3 is 0 Å². The molecule has 0 aliphatic carbocycles. The van der Waals surface area contributed by atoms with Crippen LogP contribution >= 0.6 is 11.6 Å². The van der Waals surface area contributed by atoms with Crippen molar-refractivity contribution in [2.45, 2.75) is 31.7 Å². The Morgan fingerprint density at radius 1 is 1.17 bits per heavy atom. The Balaban J connectivity index is 1.27. The molecule has 4 rings (SSSR count). The van der Waals surface area contributed by atoms with Gasteiger partial charge in [-0.05, 0) is 53.9 Å². The molecule has 158 valence electrons. The van der Waals surface area contributed by atoms with Gasteiger partial charge in [-0.1, -0.05) is 17.7 Å². The number of halogens is 2. The molecule has 2 aromatic carbocycles. The number of pyridine rings is 1. The van der Waals surface area contributed by atoms with E-state index in [1.807, 2.05) is 30.5 Å². The van der Waals surface area contributed by atoms with Crippen molar-refractivity contribution in [2.24, 2.45) is 0 Å². The van der Waals surface area contributed by atoms with Crippen molar-refractivity contribution < 1.29 is 18.6 Å². The minimum Gasteiger partial charge on any atom is -0.497 e. The Hall–Kier alpha value is -2.25. The summed E-state index contributed by atoms with van der Waals surface area (Å²) in [6.07, 6.45) is 3.17. The number of aryl methyl sites for hydroxylation is 1. The molecule has 0 unspecified atom stereocenters. The number of ether oxygens (including phenoxy) is 3. The van der Waals surface area contributed by atoms with E-state index in [1.54, 1.807) is 19.2 Å². The summed E-state index contributed by atoms with van der Waals surface area (Å²) >= 11 is 5.83. The Kier molecular flexibility index (Phi) is 6.79. The third-order valence-electron chi connectivity index (χ3n) is 5.23. The number of benzene rings is 2. The number of methoxy groups -OCH3 is 1. The molecular formula is C23H24ClFN2O3. The lowest BCUT2D eigenvalue weighted by Gasteiger charge is -2.30. The summed E-state index contributed by atoms with van der Waals surface area (Å²) in [5.41, 5.74) is 3.06. The zero-order valence-electron chi connectivity index (χ0n) is 16.7. The number of hydrogen-bond donors (Lipinski definition) is 1. The van der Waals surface area contributed by atoms with Gasteiger partial charge in [0, 0.05) is 24.5 Å². The SMILES string of the molecule is COc1ccc2nccc(CC[C@H]3OC[C@H](NCc4ccc(F)c(Cl)c4)CO3)c2c1. The third-order valence-corrected chi connectivity index (χ3v) is 5.52. The Labute approximate surface area is 180 Å². The second kappa shape index (κ2) is 9.71. The number of nitrogens with one attached hydrogen (secondary N) is 1. The summed E-state index contributed by atoms with van der Waals surface area (Å²) in [6.45, 7) is 1.70. The number of fused-ring (bicyclic) bond motifs is 1. The predicted molar refractivity (Wildman–Crippen MR) is 114 cm³/mol. The minimum absolute atomic E-state index is 0.0797. The van der Waals surface area contributed by atoms with Crippen LogP contribution in [0.25, 0.3) is 10.9 Å². The van der Waals surface area contributed by atoms with Crippen LogP contribution in [0.5, 0.6) is 5.75 Å². The maximum atomic E-state index is 13.3. The average Bonchev–Trinajstić information content (AvgIpc) is 2.78. The van der Waals surface area contributed by atoms with Crippen LogP contribution in [0.4, 0.5) is 4.39 Å². The van der Waals surface area contributed by atoms with Crippen molar-refractivity contribution >= 4 is 22.5 Å². The van der Waals surface area contributed by atoms with Gasteiger partial charge in [-0.15, -0.1) is 0 Å². The lowest BCUT2D eigenvalue weighted by molar-refractivity contribution is -0.192. The molecule has 5 nitrogen and oxygen atoms in total. The molecule has 30 heavy (non-hydrogen) atoms. The summed E-state index contributed by atoms with van der Waals surface area (Å²) < 4.78 is 30.4. The van der Waals surface area contributed by atoms with Gasteiger partial charge in [-0.3, -0.25) is 4.98 Å². The van der Waals surface area contributed by atoms with Crippen LogP contribution in [0.15, 0.2) is 48.7 Å². The van der Waals surface area contributed by atoms with Crippen LogP contribution in [0.3, 0.4) is 0 Å². The fourth-order valence-electron chi connectivity index (χ4n) is 3.54. The van der Waals surface area contributed by atoms with Gasteiger partial charge < -0.3 is 19.5 Å². The fraction of sp³-hybridized carbons (Fsp3) is 0.348. The van der Waals surface area contributed by atoms with Gasteiger partial charge in [-0.2, -0.15) is 0 Å². The summed E-state index contributed by atoms with van der Waals surface area (Å²) in [5, 5.41) is 4.58. The van der Waals surface area contributed by atoms with Crippen molar-refractivity contribution in [1.82, 2.24) is 10.3 Å². The molecule has 1 aliphatic rings. The van der Waals surface area contributed by atoms with Gasteiger partial charge in [0.25, 0.3) is 0 Å². The lowest BCUT2D eigenvalue weighted by atomic mass is 10.0. The first-order valence-electron chi connectivity index (χ1n) is 9.94. The Bertz CT molecular complexity index is 1010. The first kappa shape index (κ1) is 21.0. The molecule has 0 radical (unpaired) electrons. The molecular weight excluding hydrogens is 407 g/mol. The van der Waals surface area contributed by atoms with Crippen LogP contribution in [0.2, 0.25) is 5.02 Å². The summed E-state index contributed by atoms with van der Waals surface area (Å²) in [7, 11) is 1.66. The number of rotatable bonds is 7. The van der Waals surface area contributed by atoms with Crippen molar-refractivity contribution in [1.29, 1.82) is 0 Å². The highest BCUT2D eigenvalue weighted by molar-refractivity contribution is 6.30. The van der Waals surface area contributed by atoms with E-state index in [0.29, 0.717) is 19.8 Å².